The van der Waals surface area contributed by atoms with E-state index in [0.29, 0.717) is 5.56 Å². The van der Waals surface area contributed by atoms with Crippen LogP contribution >= 0.6 is 0 Å². The molecule has 0 amide bonds. The lowest BCUT2D eigenvalue weighted by Gasteiger charge is -2.18. The number of hydrogen-bond acceptors (Lipinski definition) is 4. The van der Waals surface area contributed by atoms with Crippen LogP contribution in [-0.4, -0.2) is 25.5 Å². The van der Waals surface area contributed by atoms with Gasteiger partial charge >= 0.3 is 5.97 Å². The molecule has 1 rings (SSSR count). The van der Waals surface area contributed by atoms with Crippen molar-refractivity contribution in [1.82, 2.24) is 4.72 Å². The molecule has 0 aliphatic heterocycles. The van der Waals surface area contributed by atoms with Crippen molar-refractivity contribution in [1.29, 1.82) is 5.26 Å². The van der Waals surface area contributed by atoms with E-state index in [1.54, 1.807) is 13.8 Å². The van der Waals surface area contributed by atoms with Crippen LogP contribution in [0.15, 0.2) is 29.2 Å². The Balaban J connectivity index is 2.99. The summed E-state index contributed by atoms with van der Waals surface area (Å²) in [7, 11) is -3.89. The molecular formula is C13H16N2O4S. The largest absolute Gasteiger partial charge is 0.480 e. The summed E-state index contributed by atoms with van der Waals surface area (Å²) in [4.78, 5) is 11.0. The van der Waals surface area contributed by atoms with E-state index >= 15 is 0 Å². The highest BCUT2D eigenvalue weighted by molar-refractivity contribution is 7.89. The minimum atomic E-state index is -3.89. The van der Waals surface area contributed by atoms with E-state index in [0.717, 1.165) is 0 Å². The van der Waals surface area contributed by atoms with Crippen molar-refractivity contribution in [3.63, 3.8) is 0 Å². The number of nitriles is 1. The van der Waals surface area contributed by atoms with Crippen LogP contribution in [0.3, 0.4) is 0 Å². The molecule has 108 valence electrons. The number of aliphatic carboxylic acids is 1. The fourth-order valence-corrected chi connectivity index (χ4v) is 2.92. The molecule has 2 N–H and O–H groups in total. The molecule has 1 aromatic rings. The zero-order valence-electron chi connectivity index (χ0n) is 11.2. The van der Waals surface area contributed by atoms with E-state index in [-0.39, 0.29) is 17.2 Å². The third kappa shape index (κ3) is 4.05. The summed E-state index contributed by atoms with van der Waals surface area (Å²) >= 11 is 0. The average Bonchev–Trinajstić information content (AvgIpc) is 2.36. The number of rotatable bonds is 6. The molecule has 0 aliphatic carbocycles. The van der Waals surface area contributed by atoms with Gasteiger partial charge in [-0.05, 0) is 23.6 Å². The number of carboxylic acid groups (broad SMARTS) is 1. The second-order valence-electron chi connectivity index (χ2n) is 4.66. The van der Waals surface area contributed by atoms with Gasteiger partial charge in [-0.25, -0.2) is 8.42 Å². The maximum atomic E-state index is 12.1. The van der Waals surface area contributed by atoms with Crippen molar-refractivity contribution in [2.24, 2.45) is 5.92 Å². The number of carboxylic acids is 1. The minimum Gasteiger partial charge on any atom is -0.480 e. The Hall–Kier alpha value is -1.91. The first-order valence-electron chi connectivity index (χ1n) is 5.99. The van der Waals surface area contributed by atoms with Gasteiger partial charge in [-0.15, -0.1) is 0 Å². The lowest BCUT2D eigenvalue weighted by Crippen LogP contribution is -2.44. The number of nitrogens with one attached hydrogen (secondary N) is 1. The molecule has 6 nitrogen and oxygen atoms in total. The molecule has 20 heavy (non-hydrogen) atoms. The normalized spacial score (nSPS) is 12.9. The van der Waals surface area contributed by atoms with Crippen molar-refractivity contribution >= 4 is 16.0 Å². The van der Waals surface area contributed by atoms with Crippen molar-refractivity contribution in [2.75, 3.05) is 0 Å². The molecule has 0 fully saturated rings. The Morgan fingerprint density at radius 3 is 2.30 bits per heavy atom. The summed E-state index contributed by atoms with van der Waals surface area (Å²) in [5.74, 6) is -1.59. The van der Waals surface area contributed by atoms with Crippen LogP contribution < -0.4 is 4.72 Å². The van der Waals surface area contributed by atoms with Gasteiger partial charge in [0, 0.05) is 0 Å². The quantitative estimate of drug-likeness (QED) is 0.818. The van der Waals surface area contributed by atoms with Gasteiger partial charge < -0.3 is 5.11 Å². The molecule has 1 aromatic carbocycles. The van der Waals surface area contributed by atoms with Gasteiger partial charge in [0.05, 0.1) is 17.4 Å². The predicted molar refractivity (Wildman–Crippen MR) is 72.3 cm³/mol. The van der Waals surface area contributed by atoms with E-state index in [2.05, 4.69) is 4.72 Å². The Morgan fingerprint density at radius 1 is 1.35 bits per heavy atom. The third-order valence-electron chi connectivity index (χ3n) is 2.73. The Kier molecular flexibility index (Phi) is 5.25. The van der Waals surface area contributed by atoms with Crippen LogP contribution in [0.5, 0.6) is 0 Å². The molecular weight excluding hydrogens is 280 g/mol. The van der Waals surface area contributed by atoms with Crippen LogP contribution in [0.2, 0.25) is 0 Å². The summed E-state index contributed by atoms with van der Waals surface area (Å²) in [5, 5.41) is 17.5. The fraction of sp³-hybridized carbons (Fsp3) is 0.385. The van der Waals surface area contributed by atoms with E-state index in [4.69, 9.17) is 10.4 Å². The minimum absolute atomic E-state index is 0.0221. The van der Waals surface area contributed by atoms with Gasteiger partial charge in [0.1, 0.15) is 6.04 Å². The lowest BCUT2D eigenvalue weighted by molar-refractivity contribution is -0.140. The molecule has 0 heterocycles. The summed E-state index contributed by atoms with van der Waals surface area (Å²) in [5.41, 5.74) is 0.699. The van der Waals surface area contributed by atoms with Crippen molar-refractivity contribution in [2.45, 2.75) is 31.2 Å². The van der Waals surface area contributed by atoms with Gasteiger partial charge in [-0.2, -0.15) is 9.98 Å². The van der Waals surface area contributed by atoms with E-state index in [9.17, 15) is 13.2 Å². The summed E-state index contributed by atoms with van der Waals surface area (Å²) in [6.45, 7) is 3.24. The molecule has 1 atom stereocenters. The maximum absolute atomic E-state index is 12.1. The Labute approximate surface area is 118 Å². The zero-order chi connectivity index (χ0) is 15.3. The highest BCUT2D eigenvalue weighted by Crippen LogP contribution is 2.13. The van der Waals surface area contributed by atoms with Gasteiger partial charge in [0.15, 0.2) is 0 Å². The molecule has 0 spiro atoms. The molecule has 0 bridgehead atoms. The zero-order valence-corrected chi connectivity index (χ0v) is 12.0. The summed E-state index contributed by atoms with van der Waals surface area (Å²) in [6.07, 6.45) is 0.192. The molecule has 0 aliphatic rings. The molecule has 0 saturated heterocycles. The van der Waals surface area contributed by atoms with Crippen LogP contribution in [-0.2, 0) is 21.2 Å². The first kappa shape index (κ1) is 16.1. The molecule has 0 unspecified atom stereocenters. The lowest BCUT2D eigenvalue weighted by atomic mass is 10.1. The highest BCUT2D eigenvalue weighted by Gasteiger charge is 2.27. The monoisotopic (exact) mass is 296 g/mol. The molecule has 0 saturated carbocycles. The van der Waals surface area contributed by atoms with Gasteiger partial charge in [-0.1, -0.05) is 26.0 Å². The van der Waals surface area contributed by atoms with Crippen LogP contribution in [0.4, 0.5) is 0 Å². The first-order chi connectivity index (χ1) is 9.27. The number of sulfonamides is 1. The van der Waals surface area contributed by atoms with Gasteiger partial charge in [-0.3, -0.25) is 4.79 Å². The van der Waals surface area contributed by atoms with Crippen molar-refractivity contribution in [3.05, 3.63) is 29.8 Å². The number of benzene rings is 1. The van der Waals surface area contributed by atoms with Crippen molar-refractivity contribution in [3.8, 4) is 6.07 Å². The average molecular weight is 296 g/mol. The van der Waals surface area contributed by atoms with E-state index in [1.165, 1.54) is 24.3 Å². The maximum Gasteiger partial charge on any atom is 0.322 e. The standard InChI is InChI=1S/C13H16N2O4S/c1-9(2)12(13(16)17)15-20(18,19)11-5-3-10(4-6-11)7-8-14/h3-6,9,12,15H,7H2,1-2H3,(H,16,17)/t12-/m1/s1. The van der Waals surface area contributed by atoms with Crippen LogP contribution in [0.25, 0.3) is 0 Å². The SMILES string of the molecule is CC(C)[C@@H](NS(=O)(=O)c1ccc(CC#N)cc1)C(=O)O. The third-order valence-corrected chi connectivity index (χ3v) is 4.19. The predicted octanol–water partition coefficient (Wildman–Crippen LogP) is 1.14. The second kappa shape index (κ2) is 6.50. The number of carbonyl (C=O) groups is 1. The second-order valence-corrected chi connectivity index (χ2v) is 6.37. The topological polar surface area (TPSA) is 107 Å². The number of nitrogens with zero attached hydrogens (tertiary/aromatic N) is 1. The van der Waals surface area contributed by atoms with E-state index in [1.807, 2.05) is 6.07 Å². The molecule has 0 radical (unpaired) electrons. The highest BCUT2D eigenvalue weighted by atomic mass is 32.2. The fourth-order valence-electron chi connectivity index (χ4n) is 1.58. The smallest absolute Gasteiger partial charge is 0.322 e. The Bertz CT molecular complexity index is 615. The molecule has 7 heteroatoms. The number of hydrogen-bond donors (Lipinski definition) is 2. The summed E-state index contributed by atoms with van der Waals surface area (Å²) < 4.78 is 26.3. The molecule has 0 aromatic heterocycles. The van der Waals surface area contributed by atoms with Gasteiger partial charge in [0.2, 0.25) is 10.0 Å². The van der Waals surface area contributed by atoms with E-state index < -0.39 is 22.0 Å². The van der Waals surface area contributed by atoms with Crippen LogP contribution in [0.1, 0.15) is 19.4 Å². The first-order valence-corrected chi connectivity index (χ1v) is 7.47. The van der Waals surface area contributed by atoms with Crippen LogP contribution in [0, 0.1) is 17.2 Å². The Morgan fingerprint density at radius 2 is 1.90 bits per heavy atom. The summed E-state index contributed by atoms with van der Waals surface area (Å²) in [6, 6.07) is 6.55. The van der Waals surface area contributed by atoms with Crippen molar-refractivity contribution < 1.29 is 18.3 Å². The van der Waals surface area contributed by atoms with Gasteiger partial charge in [0.25, 0.3) is 0 Å².